The summed E-state index contributed by atoms with van der Waals surface area (Å²) in [6, 6.07) is 16.1. The molecule has 1 fully saturated rings. The zero-order valence-electron chi connectivity index (χ0n) is 19.1. The predicted molar refractivity (Wildman–Crippen MR) is 123 cm³/mol. The zero-order valence-corrected chi connectivity index (χ0v) is 19.1. The lowest BCUT2D eigenvalue weighted by Gasteiger charge is -2.38. The molecular formula is C25H20F5N3O4. The summed E-state index contributed by atoms with van der Waals surface area (Å²) in [6.07, 6.45) is -5.22. The number of carbonyl (C=O) groups excluding carboxylic acids is 1. The maximum absolute atomic E-state index is 14.6. The largest absolute Gasteiger partial charge is 0.490 e. The average molecular weight is 521 g/mol. The van der Waals surface area contributed by atoms with Gasteiger partial charge in [0.2, 0.25) is 5.88 Å². The molecule has 1 saturated heterocycles. The van der Waals surface area contributed by atoms with E-state index in [2.05, 4.69) is 9.98 Å². The minimum Gasteiger partial charge on any atom is -0.475 e. The van der Waals surface area contributed by atoms with Crippen LogP contribution in [0.2, 0.25) is 0 Å². The highest BCUT2D eigenvalue weighted by Crippen LogP contribution is 2.32. The van der Waals surface area contributed by atoms with Gasteiger partial charge in [-0.25, -0.2) is 18.6 Å². The second-order valence-corrected chi connectivity index (χ2v) is 8.40. The summed E-state index contributed by atoms with van der Waals surface area (Å²) in [5, 5.41) is 8.03. The smallest absolute Gasteiger partial charge is 0.475 e. The molecule has 1 atom stereocenters. The quantitative estimate of drug-likeness (QED) is 0.504. The van der Waals surface area contributed by atoms with Gasteiger partial charge in [0.15, 0.2) is 6.10 Å². The third-order valence-corrected chi connectivity index (χ3v) is 5.82. The fourth-order valence-electron chi connectivity index (χ4n) is 3.86. The van der Waals surface area contributed by atoms with Crippen molar-refractivity contribution in [3.8, 4) is 5.88 Å². The van der Waals surface area contributed by atoms with Crippen LogP contribution in [0.3, 0.4) is 0 Å². The second kappa shape index (κ2) is 10.1. The molecule has 2 aliphatic heterocycles. The van der Waals surface area contributed by atoms with E-state index in [-0.39, 0.29) is 24.9 Å². The van der Waals surface area contributed by atoms with Crippen LogP contribution in [-0.2, 0) is 11.3 Å². The van der Waals surface area contributed by atoms with Gasteiger partial charge in [-0.3, -0.25) is 9.79 Å². The molecule has 1 N–H and O–H groups in total. The van der Waals surface area contributed by atoms with Crippen molar-refractivity contribution in [2.45, 2.75) is 31.2 Å². The minimum absolute atomic E-state index is 0.0234. The number of amides is 1. The van der Waals surface area contributed by atoms with Crippen molar-refractivity contribution < 1.29 is 41.4 Å². The minimum atomic E-state index is -5.08. The first-order valence-corrected chi connectivity index (χ1v) is 11.1. The van der Waals surface area contributed by atoms with Crippen molar-refractivity contribution in [2.24, 2.45) is 4.99 Å². The van der Waals surface area contributed by atoms with Crippen LogP contribution in [0.5, 0.6) is 5.88 Å². The third kappa shape index (κ3) is 6.01. The number of alkyl halides is 5. The van der Waals surface area contributed by atoms with Gasteiger partial charge in [-0.15, -0.1) is 0 Å². The maximum atomic E-state index is 14.6. The van der Waals surface area contributed by atoms with Gasteiger partial charge in [0.1, 0.15) is 0 Å². The van der Waals surface area contributed by atoms with Crippen molar-refractivity contribution in [1.29, 1.82) is 0 Å². The van der Waals surface area contributed by atoms with E-state index in [1.54, 1.807) is 36.5 Å². The van der Waals surface area contributed by atoms with Gasteiger partial charge in [0, 0.05) is 36.2 Å². The third-order valence-electron chi connectivity index (χ3n) is 5.82. The van der Waals surface area contributed by atoms with Crippen LogP contribution in [0.25, 0.3) is 10.9 Å². The van der Waals surface area contributed by atoms with Gasteiger partial charge in [0.25, 0.3) is 11.8 Å². The Morgan fingerprint density at radius 1 is 1.08 bits per heavy atom. The molecule has 3 aromatic rings. The number of aliphatic imine (C=N–C) groups is 1. The van der Waals surface area contributed by atoms with Crippen molar-refractivity contribution in [1.82, 2.24) is 9.88 Å². The Kier molecular flexibility index (Phi) is 7.10. The fraction of sp³-hybridized carbons (Fsp3) is 0.280. The number of rotatable bonds is 3. The molecule has 3 heterocycles. The van der Waals surface area contributed by atoms with E-state index >= 15 is 0 Å². The summed E-state index contributed by atoms with van der Waals surface area (Å²) >= 11 is 0. The zero-order chi connectivity index (χ0) is 26.8. The highest BCUT2D eigenvalue weighted by molar-refractivity contribution is 5.96. The molecule has 37 heavy (non-hydrogen) atoms. The Morgan fingerprint density at radius 2 is 1.81 bits per heavy atom. The first-order chi connectivity index (χ1) is 17.4. The van der Waals surface area contributed by atoms with Crippen LogP contribution in [0.15, 0.2) is 59.6 Å². The van der Waals surface area contributed by atoms with Gasteiger partial charge in [0.05, 0.1) is 18.6 Å². The number of para-hydroxylation sites is 1. The van der Waals surface area contributed by atoms with Gasteiger partial charge in [-0.2, -0.15) is 13.2 Å². The number of carboxylic acids is 1. The number of hydrogen-bond donors (Lipinski definition) is 1. The van der Waals surface area contributed by atoms with E-state index < -0.39 is 30.6 Å². The van der Waals surface area contributed by atoms with E-state index in [1.807, 2.05) is 24.3 Å². The van der Waals surface area contributed by atoms with Crippen molar-refractivity contribution in [3.05, 3.63) is 71.3 Å². The summed E-state index contributed by atoms with van der Waals surface area (Å²) in [4.78, 5) is 31.8. The molecule has 2 aromatic carbocycles. The molecule has 2 aliphatic rings. The van der Waals surface area contributed by atoms with Crippen LogP contribution in [-0.4, -0.2) is 64.4 Å². The lowest BCUT2D eigenvalue weighted by molar-refractivity contribution is -0.192. The van der Waals surface area contributed by atoms with Crippen LogP contribution in [0.1, 0.15) is 27.9 Å². The molecule has 194 valence electrons. The summed E-state index contributed by atoms with van der Waals surface area (Å²) in [7, 11) is 0. The molecule has 1 amide bonds. The second-order valence-electron chi connectivity index (χ2n) is 8.40. The molecule has 5 rings (SSSR count). The number of pyridine rings is 1. The van der Waals surface area contributed by atoms with Crippen LogP contribution in [0.4, 0.5) is 22.0 Å². The Hall–Kier alpha value is -4.09. The summed E-state index contributed by atoms with van der Waals surface area (Å²) < 4.78 is 66.5. The highest BCUT2D eigenvalue weighted by atomic mass is 19.4. The Bertz CT molecular complexity index is 1360. The number of benzene rings is 2. The molecule has 12 heteroatoms. The molecule has 0 unspecified atom stereocenters. The lowest BCUT2D eigenvalue weighted by atomic mass is 10.0. The van der Waals surface area contributed by atoms with Gasteiger partial charge < -0.3 is 14.7 Å². The van der Waals surface area contributed by atoms with E-state index in [0.29, 0.717) is 17.6 Å². The number of aromatic nitrogens is 1. The van der Waals surface area contributed by atoms with E-state index in [9.17, 15) is 26.7 Å². The molecule has 1 aromatic heterocycles. The Balaban J connectivity index is 0.000000405. The number of carbonyl (C=O) groups is 2. The molecular weight excluding hydrogens is 501 g/mol. The standard InChI is InChI=1S/C23H19F2N3O2.C2HF3O2/c24-23(25)9-10-28(22(29)16-5-6-17-12-26-13-18(17)11-16)14-20(23)30-21-8-7-15-3-1-2-4-19(15)27-21;3-2(4,5)1(6)7/h1-8,11-12,20H,9-10,13-14H2;(H,6,7)/t20-;/m0./s1. The molecule has 0 radical (unpaired) electrons. The van der Waals surface area contributed by atoms with E-state index in [0.717, 1.165) is 16.5 Å². The monoisotopic (exact) mass is 521 g/mol. The lowest BCUT2D eigenvalue weighted by Crippen LogP contribution is -2.55. The van der Waals surface area contributed by atoms with Gasteiger partial charge in [-0.05, 0) is 35.4 Å². The maximum Gasteiger partial charge on any atom is 0.490 e. The average Bonchev–Trinajstić information content (AvgIpc) is 3.32. The number of aliphatic carboxylic acids is 1. The predicted octanol–water partition coefficient (Wildman–Crippen LogP) is 4.73. The van der Waals surface area contributed by atoms with Crippen LogP contribution < -0.4 is 4.74 Å². The molecule has 0 spiro atoms. The topological polar surface area (TPSA) is 92.1 Å². The van der Waals surface area contributed by atoms with Gasteiger partial charge in [-0.1, -0.05) is 24.3 Å². The number of halogens is 5. The molecule has 0 aliphatic carbocycles. The first-order valence-electron chi connectivity index (χ1n) is 11.1. The number of fused-ring (bicyclic) bond motifs is 2. The molecule has 0 bridgehead atoms. The van der Waals surface area contributed by atoms with Crippen molar-refractivity contribution in [3.63, 3.8) is 0 Å². The number of nitrogens with zero attached hydrogens (tertiary/aromatic N) is 3. The SMILES string of the molecule is O=C(O)C(F)(F)F.O=C(c1ccc2c(c1)CN=C2)N1CCC(F)(F)[C@@H](Oc2ccc3ccccc3n2)C1. The number of likely N-dealkylation sites (tertiary alicyclic amines) is 1. The number of carboxylic acid groups (broad SMARTS) is 1. The van der Waals surface area contributed by atoms with E-state index in [4.69, 9.17) is 14.6 Å². The first kappa shape index (κ1) is 26.0. The fourth-order valence-corrected chi connectivity index (χ4v) is 3.86. The van der Waals surface area contributed by atoms with E-state index in [1.165, 1.54) is 4.90 Å². The van der Waals surface area contributed by atoms with Crippen molar-refractivity contribution >= 4 is 29.0 Å². The number of hydrogen-bond acceptors (Lipinski definition) is 5. The normalized spacial score (nSPS) is 18.1. The molecule has 0 saturated carbocycles. The number of ether oxygens (including phenoxy) is 1. The summed E-state index contributed by atoms with van der Waals surface area (Å²) in [6.45, 7) is 0.312. The van der Waals surface area contributed by atoms with Crippen LogP contribution in [0, 0.1) is 0 Å². The Morgan fingerprint density at radius 3 is 2.54 bits per heavy atom. The molecule has 7 nitrogen and oxygen atoms in total. The summed E-state index contributed by atoms with van der Waals surface area (Å²) in [5.41, 5.74) is 3.10. The van der Waals surface area contributed by atoms with Gasteiger partial charge >= 0.3 is 12.1 Å². The highest BCUT2D eigenvalue weighted by Gasteiger charge is 2.47. The van der Waals surface area contributed by atoms with Crippen LogP contribution >= 0.6 is 0 Å². The Labute approximate surface area is 207 Å². The summed E-state index contributed by atoms with van der Waals surface area (Å²) in [5.74, 6) is -5.95. The van der Waals surface area contributed by atoms with Crippen molar-refractivity contribution in [2.75, 3.05) is 13.1 Å². The number of piperidine rings is 1.